The molecule has 2 rings (SSSR count). The van der Waals surface area contributed by atoms with Crippen molar-refractivity contribution in [2.75, 3.05) is 7.05 Å². The highest BCUT2D eigenvalue weighted by molar-refractivity contribution is 6.02. The number of Topliss-reactive ketones (excluding diaryl/α,β-unsaturated/α-hetero) is 1. The minimum atomic E-state index is -0.158. The Bertz CT molecular complexity index is 488. The van der Waals surface area contributed by atoms with Gasteiger partial charge < -0.3 is 9.73 Å². The number of likely N-dealkylation sites (N-methyl/N-ethyl adjacent to an activating group) is 1. The number of hydrogen-bond acceptors (Lipinski definition) is 3. The molecule has 0 aliphatic rings. The maximum atomic E-state index is 11.8. The molecule has 3 heteroatoms. The van der Waals surface area contributed by atoms with E-state index in [1.807, 2.05) is 39.0 Å². The Morgan fingerprint density at radius 1 is 1.29 bits per heavy atom. The maximum Gasteiger partial charge on any atom is 0.179 e. The third-order valence-corrected chi connectivity index (χ3v) is 2.56. The number of fused-ring (bicyclic) bond motifs is 1. The van der Waals surface area contributed by atoms with Crippen LogP contribution in [0.3, 0.4) is 0 Å². The number of furan rings is 1. The summed E-state index contributed by atoms with van der Waals surface area (Å²) in [7, 11) is 1.78. The Morgan fingerprint density at radius 3 is 2.65 bits per heavy atom. The van der Waals surface area contributed by atoms with Crippen LogP contribution in [0.15, 0.2) is 34.9 Å². The summed E-state index contributed by atoms with van der Waals surface area (Å²) in [4.78, 5) is 11.8. The molecule has 0 amide bonds. The van der Waals surface area contributed by atoms with Crippen molar-refractivity contribution in [3.05, 3.63) is 36.1 Å². The van der Waals surface area contributed by atoms with Gasteiger partial charge >= 0.3 is 0 Å². The van der Waals surface area contributed by atoms with Crippen LogP contribution < -0.4 is 5.32 Å². The van der Waals surface area contributed by atoms with Gasteiger partial charge in [-0.05, 0) is 38.2 Å². The van der Waals surface area contributed by atoms with Crippen LogP contribution in [0.4, 0.5) is 0 Å². The summed E-state index contributed by atoms with van der Waals surface area (Å²) in [5, 5.41) is 3.89. The molecule has 0 saturated heterocycles. The predicted octanol–water partition coefficient (Wildman–Crippen LogP) is 3.25. The molecule has 0 unspecified atom stereocenters. The van der Waals surface area contributed by atoms with Gasteiger partial charge in [0, 0.05) is 10.9 Å². The van der Waals surface area contributed by atoms with Crippen molar-refractivity contribution in [1.29, 1.82) is 0 Å². The topological polar surface area (TPSA) is 42.2 Å². The van der Waals surface area contributed by atoms with E-state index in [-0.39, 0.29) is 11.8 Å². The molecule has 0 saturated carbocycles. The van der Waals surface area contributed by atoms with E-state index < -0.39 is 0 Å². The number of hydrogen-bond donors (Lipinski definition) is 1. The zero-order valence-corrected chi connectivity index (χ0v) is 10.8. The third kappa shape index (κ3) is 2.94. The van der Waals surface area contributed by atoms with Gasteiger partial charge in [0.25, 0.3) is 0 Å². The smallest absolute Gasteiger partial charge is 0.179 e. The van der Waals surface area contributed by atoms with Gasteiger partial charge in [0.1, 0.15) is 5.58 Å². The van der Waals surface area contributed by atoms with Crippen LogP contribution in [0.1, 0.15) is 31.1 Å². The van der Waals surface area contributed by atoms with Crippen molar-refractivity contribution in [3.63, 3.8) is 0 Å². The minimum Gasteiger partial charge on any atom is -0.464 e. The Balaban J connectivity index is 0.000000686. The van der Waals surface area contributed by atoms with E-state index in [4.69, 9.17) is 4.42 Å². The summed E-state index contributed by atoms with van der Waals surface area (Å²) in [5.74, 6) is 0.0978. The van der Waals surface area contributed by atoms with E-state index in [1.54, 1.807) is 19.4 Å². The lowest BCUT2D eigenvalue weighted by molar-refractivity contribution is 0.0955. The average molecular weight is 233 g/mol. The molecule has 1 atom stereocenters. The van der Waals surface area contributed by atoms with Crippen LogP contribution in [-0.4, -0.2) is 18.9 Å². The normalized spacial score (nSPS) is 11.8. The van der Waals surface area contributed by atoms with Crippen LogP contribution in [0, 0.1) is 0 Å². The second-order valence-corrected chi connectivity index (χ2v) is 3.55. The van der Waals surface area contributed by atoms with Gasteiger partial charge in [-0.15, -0.1) is 0 Å². The molecule has 3 nitrogen and oxygen atoms in total. The maximum absolute atomic E-state index is 11.8. The SMILES string of the molecule is CC.CN[C@@H](C)C(=O)c1ccc2occc2c1. The van der Waals surface area contributed by atoms with E-state index in [0.717, 1.165) is 11.0 Å². The van der Waals surface area contributed by atoms with E-state index in [1.165, 1.54) is 0 Å². The van der Waals surface area contributed by atoms with Gasteiger partial charge in [-0.3, -0.25) is 4.79 Å². The largest absolute Gasteiger partial charge is 0.464 e. The number of carbonyl (C=O) groups is 1. The van der Waals surface area contributed by atoms with Gasteiger partial charge in [0.05, 0.1) is 12.3 Å². The second-order valence-electron chi connectivity index (χ2n) is 3.55. The monoisotopic (exact) mass is 233 g/mol. The number of nitrogens with one attached hydrogen (secondary N) is 1. The molecule has 17 heavy (non-hydrogen) atoms. The highest BCUT2D eigenvalue weighted by Crippen LogP contribution is 2.17. The van der Waals surface area contributed by atoms with Crippen molar-refractivity contribution in [2.45, 2.75) is 26.8 Å². The summed E-state index contributed by atoms with van der Waals surface area (Å²) in [6, 6.07) is 7.17. The first-order chi connectivity index (χ1) is 8.22. The number of ketones is 1. The lowest BCUT2D eigenvalue weighted by Crippen LogP contribution is -2.30. The van der Waals surface area contributed by atoms with E-state index in [0.29, 0.717) is 5.56 Å². The van der Waals surface area contributed by atoms with Crippen molar-refractivity contribution in [2.24, 2.45) is 0 Å². The number of carbonyl (C=O) groups excluding carboxylic acids is 1. The van der Waals surface area contributed by atoms with Crippen LogP contribution >= 0.6 is 0 Å². The molecular formula is C14H19NO2. The first-order valence-corrected chi connectivity index (χ1v) is 5.91. The fraction of sp³-hybridized carbons (Fsp3) is 0.357. The fourth-order valence-electron chi connectivity index (χ4n) is 1.50. The molecule has 0 aliphatic heterocycles. The van der Waals surface area contributed by atoms with Crippen molar-refractivity contribution < 1.29 is 9.21 Å². The Kier molecular flexibility index (Phi) is 4.91. The summed E-state index contributed by atoms with van der Waals surface area (Å²) in [6.07, 6.45) is 1.63. The van der Waals surface area contributed by atoms with Crippen LogP contribution in [0.5, 0.6) is 0 Å². The summed E-state index contributed by atoms with van der Waals surface area (Å²) >= 11 is 0. The summed E-state index contributed by atoms with van der Waals surface area (Å²) in [5.41, 5.74) is 1.52. The molecule has 0 aliphatic carbocycles. The molecule has 0 bridgehead atoms. The van der Waals surface area contributed by atoms with Gasteiger partial charge in [0.2, 0.25) is 0 Å². The molecule has 0 spiro atoms. The molecule has 1 N–H and O–H groups in total. The fourth-order valence-corrected chi connectivity index (χ4v) is 1.50. The van der Waals surface area contributed by atoms with Crippen molar-refractivity contribution >= 4 is 16.8 Å². The van der Waals surface area contributed by atoms with Crippen LogP contribution in [-0.2, 0) is 0 Å². The second kappa shape index (κ2) is 6.21. The molecular weight excluding hydrogens is 214 g/mol. The van der Waals surface area contributed by atoms with Gasteiger partial charge in [-0.25, -0.2) is 0 Å². The van der Waals surface area contributed by atoms with Crippen LogP contribution in [0.2, 0.25) is 0 Å². The molecule has 0 fully saturated rings. The van der Waals surface area contributed by atoms with Crippen molar-refractivity contribution in [1.82, 2.24) is 5.32 Å². The van der Waals surface area contributed by atoms with Crippen LogP contribution in [0.25, 0.3) is 11.0 Å². The first kappa shape index (κ1) is 13.5. The molecule has 1 heterocycles. The molecule has 92 valence electrons. The molecule has 1 aromatic carbocycles. The van der Waals surface area contributed by atoms with Gasteiger partial charge in [0.15, 0.2) is 5.78 Å². The van der Waals surface area contributed by atoms with E-state index in [9.17, 15) is 4.79 Å². The Hall–Kier alpha value is -1.61. The Labute approximate surface area is 102 Å². The lowest BCUT2D eigenvalue weighted by atomic mass is 10.0. The third-order valence-electron chi connectivity index (χ3n) is 2.56. The summed E-state index contributed by atoms with van der Waals surface area (Å²) in [6.45, 7) is 5.85. The number of benzene rings is 1. The molecule has 0 radical (unpaired) electrons. The minimum absolute atomic E-state index is 0.0978. The standard InChI is InChI=1S/C12H13NO2.C2H6/c1-8(13-2)12(14)10-3-4-11-9(7-10)5-6-15-11;1-2/h3-8,13H,1-2H3;1-2H3/t8-;/m0./s1. The molecule has 2 aromatic rings. The predicted molar refractivity (Wildman–Crippen MR) is 70.4 cm³/mol. The summed E-state index contributed by atoms with van der Waals surface area (Å²) < 4.78 is 5.21. The van der Waals surface area contributed by atoms with E-state index >= 15 is 0 Å². The highest BCUT2D eigenvalue weighted by atomic mass is 16.3. The van der Waals surface area contributed by atoms with Gasteiger partial charge in [-0.2, -0.15) is 0 Å². The van der Waals surface area contributed by atoms with Crippen molar-refractivity contribution in [3.8, 4) is 0 Å². The Morgan fingerprint density at radius 2 is 2.00 bits per heavy atom. The lowest BCUT2D eigenvalue weighted by Gasteiger charge is -2.08. The highest BCUT2D eigenvalue weighted by Gasteiger charge is 2.13. The molecule has 1 aromatic heterocycles. The number of rotatable bonds is 3. The quantitative estimate of drug-likeness (QED) is 0.827. The van der Waals surface area contributed by atoms with Gasteiger partial charge in [-0.1, -0.05) is 13.8 Å². The van der Waals surface area contributed by atoms with E-state index in [2.05, 4.69) is 5.32 Å². The zero-order chi connectivity index (χ0) is 12.8. The zero-order valence-electron chi connectivity index (χ0n) is 10.8. The first-order valence-electron chi connectivity index (χ1n) is 5.91. The average Bonchev–Trinajstić information content (AvgIpc) is 2.86.